The molecule has 0 aromatic rings. The minimum atomic E-state index is -4.53. The molecule has 0 aromatic carbocycles. The lowest BCUT2D eigenvalue weighted by atomic mass is 10.0. The number of amides is 2. The lowest BCUT2D eigenvalue weighted by Gasteiger charge is -2.25. The standard InChI is InChI=1S/C28H52N3O9P/c1-20(2)26(34)10-6-5-7-11-27(35)30-16-24(33)14-23(30)19-39-41(37,38)40-25-15-22(18-32)31(17-25)28(36)12-8-9-13-29-21(3)4/h20-25,29,32-33H,5-19H2,1-4H3,(H,37,38)/t22-,23+,24+,25+/m1/s1. The molecule has 13 heteroatoms. The number of aliphatic hydroxyl groups excluding tert-OH is 2. The second kappa shape index (κ2) is 17.7. The lowest BCUT2D eigenvalue weighted by molar-refractivity contribution is -0.133. The van der Waals surface area contributed by atoms with E-state index in [2.05, 4.69) is 19.2 Å². The van der Waals surface area contributed by atoms with E-state index in [1.165, 1.54) is 9.80 Å². The Kier molecular flexibility index (Phi) is 15.4. The second-order valence-electron chi connectivity index (χ2n) is 11.9. The van der Waals surface area contributed by atoms with Crippen LogP contribution in [0, 0.1) is 5.92 Å². The number of hydrogen-bond acceptors (Lipinski definition) is 9. The molecule has 2 aliphatic rings. The maximum absolute atomic E-state index is 12.8. The van der Waals surface area contributed by atoms with Crippen molar-refractivity contribution in [3.05, 3.63) is 0 Å². The molecule has 2 aliphatic heterocycles. The summed E-state index contributed by atoms with van der Waals surface area (Å²) in [6.45, 7) is 8.32. The summed E-state index contributed by atoms with van der Waals surface area (Å²) in [5.74, 6) is -0.0851. The van der Waals surface area contributed by atoms with Crippen LogP contribution in [-0.4, -0.2) is 106 Å². The molecule has 4 N–H and O–H groups in total. The smallest absolute Gasteiger partial charge is 0.394 e. The van der Waals surface area contributed by atoms with Gasteiger partial charge < -0.3 is 30.2 Å². The summed E-state index contributed by atoms with van der Waals surface area (Å²) >= 11 is 0. The fourth-order valence-corrected chi connectivity index (χ4v) is 6.25. The number of aliphatic hydroxyl groups is 2. The van der Waals surface area contributed by atoms with Crippen LogP contribution in [0.2, 0.25) is 0 Å². The van der Waals surface area contributed by atoms with Crippen LogP contribution < -0.4 is 5.32 Å². The average Bonchev–Trinajstić information content (AvgIpc) is 3.48. The third-order valence-electron chi connectivity index (χ3n) is 7.66. The normalized spacial score (nSPS) is 24.4. The zero-order valence-electron chi connectivity index (χ0n) is 25.2. The number of hydrogen-bond donors (Lipinski definition) is 4. The van der Waals surface area contributed by atoms with Crippen molar-refractivity contribution < 1.29 is 43.1 Å². The second-order valence-corrected chi connectivity index (χ2v) is 13.4. The van der Waals surface area contributed by atoms with Crippen LogP contribution in [0.25, 0.3) is 0 Å². The summed E-state index contributed by atoms with van der Waals surface area (Å²) in [5, 5.41) is 23.2. The predicted molar refractivity (Wildman–Crippen MR) is 154 cm³/mol. The summed E-state index contributed by atoms with van der Waals surface area (Å²) in [6.07, 6.45) is 3.60. The third kappa shape index (κ3) is 12.8. The van der Waals surface area contributed by atoms with Crippen molar-refractivity contribution in [2.45, 2.75) is 122 Å². The molecular weight excluding hydrogens is 553 g/mol. The molecule has 2 heterocycles. The molecule has 238 valence electrons. The van der Waals surface area contributed by atoms with E-state index in [1.54, 1.807) is 0 Å². The maximum atomic E-state index is 12.8. The van der Waals surface area contributed by atoms with E-state index in [0.717, 1.165) is 25.8 Å². The number of Topliss-reactive ketones (excluding diaryl/α,β-unsaturated/α-hetero) is 1. The molecule has 0 aliphatic carbocycles. The van der Waals surface area contributed by atoms with Gasteiger partial charge in [0.1, 0.15) is 5.78 Å². The highest BCUT2D eigenvalue weighted by atomic mass is 31.2. The molecule has 0 saturated carbocycles. The number of carbonyl (C=O) groups is 3. The van der Waals surface area contributed by atoms with Crippen molar-refractivity contribution in [1.29, 1.82) is 0 Å². The fraction of sp³-hybridized carbons (Fsp3) is 0.893. The highest BCUT2D eigenvalue weighted by molar-refractivity contribution is 7.47. The van der Waals surface area contributed by atoms with Gasteiger partial charge in [-0.2, -0.15) is 0 Å². The molecule has 0 spiro atoms. The van der Waals surface area contributed by atoms with Crippen molar-refractivity contribution in [3.63, 3.8) is 0 Å². The van der Waals surface area contributed by atoms with Gasteiger partial charge in [-0.3, -0.25) is 23.4 Å². The van der Waals surface area contributed by atoms with Crippen LogP contribution in [-0.2, 0) is 28.0 Å². The minimum absolute atomic E-state index is 0.00776. The lowest BCUT2D eigenvalue weighted by Crippen LogP contribution is -2.38. The Labute approximate surface area is 244 Å². The van der Waals surface area contributed by atoms with Gasteiger partial charge in [0.15, 0.2) is 0 Å². The number of ketones is 1. The number of nitrogens with one attached hydrogen (secondary N) is 1. The van der Waals surface area contributed by atoms with Crippen molar-refractivity contribution in [1.82, 2.24) is 15.1 Å². The summed E-state index contributed by atoms with van der Waals surface area (Å²) in [4.78, 5) is 50.6. The Hall–Kier alpha value is -1.40. The van der Waals surface area contributed by atoms with Gasteiger partial charge in [-0.05, 0) is 45.1 Å². The Morgan fingerprint density at radius 3 is 2.12 bits per heavy atom. The molecule has 5 atom stereocenters. The molecular formula is C28H52N3O9P. The van der Waals surface area contributed by atoms with Crippen LogP contribution in [0.4, 0.5) is 0 Å². The first-order valence-electron chi connectivity index (χ1n) is 15.1. The number of β-amino-alcohol motifs (C(OH)–C–C–N with tert-alkyl or cyclic N) is 1. The molecule has 2 rings (SSSR count). The monoisotopic (exact) mass is 605 g/mol. The number of likely N-dealkylation sites (tertiary alicyclic amines) is 2. The minimum Gasteiger partial charge on any atom is -0.394 e. The molecule has 0 radical (unpaired) electrons. The topological polar surface area (TPSA) is 166 Å². The Morgan fingerprint density at radius 2 is 1.51 bits per heavy atom. The van der Waals surface area contributed by atoms with Crippen molar-refractivity contribution in [2.75, 3.05) is 32.8 Å². The van der Waals surface area contributed by atoms with E-state index >= 15 is 0 Å². The number of phosphoric acid groups is 1. The predicted octanol–water partition coefficient (Wildman–Crippen LogP) is 2.39. The fourth-order valence-electron chi connectivity index (χ4n) is 5.30. The van der Waals surface area contributed by atoms with Crippen LogP contribution in [0.15, 0.2) is 0 Å². The molecule has 41 heavy (non-hydrogen) atoms. The quantitative estimate of drug-likeness (QED) is 0.127. The van der Waals surface area contributed by atoms with Crippen LogP contribution in [0.1, 0.15) is 91.9 Å². The number of unbranched alkanes of at least 4 members (excludes halogenated alkanes) is 3. The van der Waals surface area contributed by atoms with E-state index in [1.807, 2.05) is 13.8 Å². The summed E-state index contributed by atoms with van der Waals surface area (Å²) in [7, 11) is -4.53. The Morgan fingerprint density at radius 1 is 0.902 bits per heavy atom. The zero-order valence-corrected chi connectivity index (χ0v) is 26.1. The van der Waals surface area contributed by atoms with Crippen molar-refractivity contribution in [3.8, 4) is 0 Å². The summed E-state index contributed by atoms with van der Waals surface area (Å²) in [5.41, 5.74) is 0. The number of nitrogens with zero attached hydrogens (tertiary/aromatic N) is 2. The van der Waals surface area contributed by atoms with E-state index in [0.29, 0.717) is 31.7 Å². The molecule has 0 aromatic heterocycles. The maximum Gasteiger partial charge on any atom is 0.472 e. The molecule has 0 bridgehead atoms. The molecule has 1 unspecified atom stereocenters. The van der Waals surface area contributed by atoms with Gasteiger partial charge >= 0.3 is 7.82 Å². The molecule has 12 nitrogen and oxygen atoms in total. The average molecular weight is 606 g/mol. The van der Waals surface area contributed by atoms with Crippen LogP contribution >= 0.6 is 7.82 Å². The number of carbonyl (C=O) groups excluding carboxylic acids is 3. The first kappa shape index (κ1) is 35.8. The first-order chi connectivity index (χ1) is 19.3. The van der Waals surface area contributed by atoms with Gasteiger partial charge in [-0.1, -0.05) is 34.1 Å². The Bertz CT molecular complexity index is 888. The molecule has 2 saturated heterocycles. The van der Waals surface area contributed by atoms with E-state index in [9.17, 15) is 34.1 Å². The van der Waals surface area contributed by atoms with Crippen LogP contribution in [0.3, 0.4) is 0 Å². The largest absolute Gasteiger partial charge is 0.472 e. The van der Waals surface area contributed by atoms with Crippen LogP contribution in [0.5, 0.6) is 0 Å². The van der Waals surface area contributed by atoms with Gasteiger partial charge in [-0.25, -0.2) is 4.57 Å². The van der Waals surface area contributed by atoms with Gasteiger partial charge in [0.05, 0.1) is 37.5 Å². The van der Waals surface area contributed by atoms with Crippen molar-refractivity contribution in [2.24, 2.45) is 5.92 Å². The highest BCUT2D eigenvalue weighted by Gasteiger charge is 2.41. The SMILES string of the molecule is CC(C)NCCCCC(=O)N1C[C@@H](OP(=O)(O)OC[C@@H]2C[C@H](O)CN2C(=O)CCCCCC(=O)C(C)C)C[C@@H]1CO. The number of rotatable bonds is 19. The Balaban J connectivity index is 1.78. The first-order valence-corrected chi connectivity index (χ1v) is 16.6. The number of phosphoric ester groups is 1. The van der Waals surface area contributed by atoms with E-state index in [4.69, 9.17) is 9.05 Å². The summed E-state index contributed by atoms with van der Waals surface area (Å²) in [6, 6.07) is -0.688. The van der Waals surface area contributed by atoms with Gasteiger partial charge in [0.25, 0.3) is 0 Å². The highest BCUT2D eigenvalue weighted by Crippen LogP contribution is 2.47. The molecule has 2 fully saturated rings. The van der Waals surface area contributed by atoms with Gasteiger partial charge in [-0.15, -0.1) is 0 Å². The van der Waals surface area contributed by atoms with E-state index < -0.39 is 32.1 Å². The molecule has 2 amide bonds. The zero-order chi connectivity index (χ0) is 30.6. The van der Waals surface area contributed by atoms with E-state index in [-0.39, 0.29) is 69.1 Å². The van der Waals surface area contributed by atoms with Gasteiger partial charge in [0.2, 0.25) is 11.8 Å². The third-order valence-corrected chi connectivity index (χ3v) is 8.70. The van der Waals surface area contributed by atoms with Gasteiger partial charge in [0, 0.05) is 44.3 Å². The van der Waals surface area contributed by atoms with Crippen molar-refractivity contribution >= 4 is 25.4 Å². The summed E-state index contributed by atoms with van der Waals surface area (Å²) < 4.78 is 23.4.